The highest BCUT2D eigenvalue weighted by molar-refractivity contribution is 5.88. The number of aliphatic carboxylic acids is 1. The Morgan fingerprint density at radius 3 is 2.21 bits per heavy atom. The van der Waals surface area contributed by atoms with Crippen molar-refractivity contribution in [3.8, 4) is 0 Å². The summed E-state index contributed by atoms with van der Waals surface area (Å²) in [5.41, 5.74) is 2.84. The Hall–Kier alpha value is -3.07. The van der Waals surface area contributed by atoms with Crippen LogP contribution >= 0.6 is 0 Å². The van der Waals surface area contributed by atoms with Gasteiger partial charge in [0.25, 0.3) is 0 Å². The van der Waals surface area contributed by atoms with Gasteiger partial charge in [0.05, 0.1) is 5.57 Å². The van der Waals surface area contributed by atoms with E-state index >= 15 is 0 Å². The average molecular weight is 525 g/mol. The average Bonchev–Trinajstić information content (AvgIpc) is 2.91. The van der Waals surface area contributed by atoms with Gasteiger partial charge >= 0.3 is 5.97 Å². The number of halogens is 2. The first kappa shape index (κ1) is 28.0. The van der Waals surface area contributed by atoms with Crippen molar-refractivity contribution in [3.05, 3.63) is 94.7 Å². The summed E-state index contributed by atoms with van der Waals surface area (Å²) in [6.07, 6.45) is 5.27. The molecule has 2 aromatic rings. The van der Waals surface area contributed by atoms with E-state index in [1.807, 2.05) is 24.1 Å². The quantitative estimate of drug-likeness (QED) is 0.487. The third-order valence-electron chi connectivity index (χ3n) is 7.42. The highest BCUT2D eigenvalue weighted by Crippen LogP contribution is 2.25. The Morgan fingerprint density at radius 1 is 1.00 bits per heavy atom. The van der Waals surface area contributed by atoms with Crippen molar-refractivity contribution < 1.29 is 18.7 Å². The number of hydrogen-bond acceptors (Lipinski definition) is 5. The molecule has 0 radical (unpaired) electrons. The molecule has 1 atom stereocenters. The third kappa shape index (κ3) is 6.67. The van der Waals surface area contributed by atoms with Crippen LogP contribution in [0, 0.1) is 11.6 Å². The second kappa shape index (κ2) is 12.7. The van der Waals surface area contributed by atoms with Gasteiger partial charge in [0.1, 0.15) is 17.8 Å². The zero-order chi connectivity index (χ0) is 27.2. The molecular weight excluding hydrogens is 486 g/mol. The molecule has 8 heteroatoms. The molecule has 2 heterocycles. The second-order valence-corrected chi connectivity index (χ2v) is 10.3. The second-order valence-electron chi connectivity index (χ2n) is 10.3. The summed E-state index contributed by atoms with van der Waals surface area (Å²) in [6, 6.07) is 12.6. The fourth-order valence-corrected chi connectivity index (χ4v) is 5.21. The molecule has 6 nitrogen and oxygen atoms in total. The molecule has 1 fully saturated rings. The predicted octanol–water partition coefficient (Wildman–Crippen LogP) is 4.68. The van der Waals surface area contributed by atoms with E-state index in [0.29, 0.717) is 18.7 Å². The van der Waals surface area contributed by atoms with Crippen LogP contribution in [0.15, 0.2) is 66.4 Å². The van der Waals surface area contributed by atoms with Crippen LogP contribution in [0.5, 0.6) is 0 Å². The van der Waals surface area contributed by atoms with Gasteiger partial charge in [-0.3, -0.25) is 14.7 Å². The lowest BCUT2D eigenvalue weighted by molar-refractivity contribution is -0.134. The molecule has 0 spiro atoms. The van der Waals surface area contributed by atoms with Gasteiger partial charge in [-0.05, 0) is 55.8 Å². The zero-order valence-electron chi connectivity index (χ0n) is 22.5. The van der Waals surface area contributed by atoms with Crippen molar-refractivity contribution in [1.82, 2.24) is 19.6 Å². The summed E-state index contributed by atoms with van der Waals surface area (Å²) in [5.74, 6) is -1.88. The molecule has 2 aliphatic heterocycles. The Labute approximate surface area is 224 Å². The summed E-state index contributed by atoms with van der Waals surface area (Å²) in [6.45, 7) is 11.8. The van der Waals surface area contributed by atoms with Crippen molar-refractivity contribution in [2.75, 3.05) is 32.7 Å². The fraction of sp³-hybridized carbons (Fsp3) is 0.433. The number of nitrogens with zero attached hydrogens (tertiary/aromatic N) is 4. The van der Waals surface area contributed by atoms with E-state index in [1.165, 1.54) is 23.8 Å². The Kier molecular flexibility index (Phi) is 9.31. The van der Waals surface area contributed by atoms with Crippen LogP contribution < -0.4 is 0 Å². The van der Waals surface area contributed by atoms with Crippen molar-refractivity contribution in [2.24, 2.45) is 0 Å². The number of carbonyl (C=O) groups is 1. The fourth-order valence-electron chi connectivity index (χ4n) is 5.21. The maximum Gasteiger partial charge on any atom is 0.335 e. The van der Waals surface area contributed by atoms with E-state index < -0.39 is 17.6 Å². The highest BCUT2D eigenvalue weighted by Gasteiger charge is 2.35. The minimum absolute atomic E-state index is 0.108. The molecule has 0 amide bonds. The molecule has 1 saturated heterocycles. The van der Waals surface area contributed by atoms with Crippen LogP contribution in [0.2, 0.25) is 0 Å². The van der Waals surface area contributed by atoms with E-state index in [1.54, 1.807) is 6.08 Å². The van der Waals surface area contributed by atoms with E-state index in [4.69, 9.17) is 0 Å². The van der Waals surface area contributed by atoms with Gasteiger partial charge < -0.3 is 10.0 Å². The number of rotatable bonds is 10. The smallest absolute Gasteiger partial charge is 0.335 e. The molecule has 1 unspecified atom stereocenters. The molecule has 2 aliphatic rings. The Morgan fingerprint density at radius 2 is 1.63 bits per heavy atom. The lowest BCUT2D eigenvalue weighted by atomic mass is 10.0. The van der Waals surface area contributed by atoms with Gasteiger partial charge in [-0.15, -0.1) is 0 Å². The van der Waals surface area contributed by atoms with Crippen molar-refractivity contribution >= 4 is 5.97 Å². The van der Waals surface area contributed by atoms with E-state index in [9.17, 15) is 18.7 Å². The molecule has 204 valence electrons. The van der Waals surface area contributed by atoms with Crippen LogP contribution in [-0.2, 0) is 24.4 Å². The topological polar surface area (TPSA) is 50.3 Å². The van der Waals surface area contributed by atoms with E-state index in [0.717, 1.165) is 38.3 Å². The maximum atomic E-state index is 14.1. The molecule has 0 aliphatic carbocycles. The van der Waals surface area contributed by atoms with Crippen LogP contribution in [0.3, 0.4) is 0 Å². The Bertz CT molecular complexity index is 1140. The molecule has 0 saturated carbocycles. The highest BCUT2D eigenvalue weighted by atomic mass is 19.1. The summed E-state index contributed by atoms with van der Waals surface area (Å²) in [5, 5.41) is 9.77. The van der Waals surface area contributed by atoms with Crippen molar-refractivity contribution in [2.45, 2.75) is 52.6 Å². The van der Waals surface area contributed by atoms with Crippen LogP contribution in [0.25, 0.3) is 0 Å². The summed E-state index contributed by atoms with van der Waals surface area (Å²) in [7, 11) is 0. The molecule has 0 bridgehead atoms. The first-order chi connectivity index (χ1) is 18.3. The van der Waals surface area contributed by atoms with Crippen molar-refractivity contribution in [3.63, 3.8) is 0 Å². The predicted molar refractivity (Wildman–Crippen MR) is 145 cm³/mol. The van der Waals surface area contributed by atoms with Gasteiger partial charge in [-0.2, -0.15) is 0 Å². The summed E-state index contributed by atoms with van der Waals surface area (Å²) < 4.78 is 28.2. The van der Waals surface area contributed by atoms with E-state index in [-0.39, 0.29) is 24.3 Å². The van der Waals surface area contributed by atoms with Gasteiger partial charge in [0, 0.05) is 63.6 Å². The first-order valence-electron chi connectivity index (χ1n) is 13.4. The maximum absolute atomic E-state index is 14.1. The molecule has 0 aromatic heterocycles. The zero-order valence-corrected chi connectivity index (χ0v) is 22.5. The number of allylic oxidation sites excluding steroid dienone is 2. The first-order valence-corrected chi connectivity index (χ1v) is 13.4. The number of benzene rings is 2. The van der Waals surface area contributed by atoms with Crippen molar-refractivity contribution in [1.29, 1.82) is 0 Å². The Balaban J connectivity index is 1.32. The minimum atomic E-state index is -0.867. The molecule has 38 heavy (non-hydrogen) atoms. The molecule has 2 aromatic carbocycles. The summed E-state index contributed by atoms with van der Waals surface area (Å²) in [4.78, 5) is 20.7. The van der Waals surface area contributed by atoms with Crippen LogP contribution in [0.4, 0.5) is 8.78 Å². The molecule has 4 rings (SSSR count). The molecule has 1 N–H and O–H groups in total. The van der Waals surface area contributed by atoms with Gasteiger partial charge in [0.2, 0.25) is 0 Å². The lowest BCUT2D eigenvalue weighted by Gasteiger charge is -2.46. The standard InChI is InChI=1S/C30H38F2N4O2/c1-4-33(21-26-27(31)8-5-9-28(26)32)19-23-10-12-24(13-11-23)20-34-15-17-35(18-16-34)29-25(30(37)38)7-6-14-36(29)22(2)3/h5-14,22,29H,4,15-21H2,1-3H3,(H,37,38). The molecular formula is C30H38F2N4O2. The monoisotopic (exact) mass is 524 g/mol. The lowest BCUT2D eigenvalue weighted by Crippen LogP contribution is -2.57. The summed E-state index contributed by atoms with van der Waals surface area (Å²) >= 11 is 0. The van der Waals surface area contributed by atoms with Gasteiger partial charge in [-0.25, -0.2) is 13.6 Å². The third-order valence-corrected chi connectivity index (χ3v) is 7.42. The van der Waals surface area contributed by atoms with E-state index in [2.05, 4.69) is 52.8 Å². The normalized spacial score (nSPS) is 18.9. The number of carboxylic acid groups (broad SMARTS) is 1. The van der Waals surface area contributed by atoms with Crippen LogP contribution in [0.1, 0.15) is 37.5 Å². The van der Waals surface area contributed by atoms with Gasteiger partial charge in [-0.1, -0.05) is 37.3 Å². The van der Waals surface area contributed by atoms with Gasteiger partial charge in [0.15, 0.2) is 0 Å². The number of hydrogen-bond donors (Lipinski definition) is 1. The van der Waals surface area contributed by atoms with Crippen LogP contribution in [-0.4, -0.2) is 75.6 Å². The minimum Gasteiger partial charge on any atom is -0.478 e. The number of piperazine rings is 1. The largest absolute Gasteiger partial charge is 0.478 e. The SMILES string of the molecule is CCN(Cc1ccc(CN2CCN(C3C(C(=O)O)=CC=CN3C(C)C)CC2)cc1)Cc1c(F)cccc1F. The number of carboxylic acids is 1.